The fourth-order valence-electron chi connectivity index (χ4n) is 0.635. The molecule has 0 radical (unpaired) electrons. The Morgan fingerprint density at radius 3 is 2.50 bits per heavy atom. The predicted octanol–water partition coefficient (Wildman–Crippen LogP) is 0.198. The van der Waals surface area contributed by atoms with E-state index >= 15 is 0 Å². The molecule has 0 unspecified atom stereocenters. The fraction of sp³-hybridized carbons (Fsp3) is 0.571. The van der Waals surface area contributed by atoms with E-state index in [0.29, 0.717) is 12.2 Å². The molecule has 0 saturated carbocycles. The van der Waals surface area contributed by atoms with Crippen molar-refractivity contribution < 1.29 is 4.79 Å². The molecule has 0 fully saturated rings. The number of hydrogen-bond acceptors (Lipinski definition) is 2. The van der Waals surface area contributed by atoms with Gasteiger partial charge in [0.2, 0.25) is 5.91 Å². The number of likely N-dealkylation sites (N-methyl/N-ethyl adjacent to an activating group) is 1. The molecular weight excluding hydrogens is 128 g/mol. The Morgan fingerprint density at radius 1 is 1.70 bits per heavy atom. The predicted molar refractivity (Wildman–Crippen MR) is 41.5 cm³/mol. The highest BCUT2D eigenvalue weighted by molar-refractivity contribution is 5.91. The molecule has 0 aliphatic rings. The highest BCUT2D eigenvalue weighted by Crippen LogP contribution is 1.92. The average Bonchev–Trinajstić information content (AvgIpc) is 1.87. The minimum atomic E-state index is -0.0191. The zero-order valence-electron chi connectivity index (χ0n) is 6.77. The van der Waals surface area contributed by atoms with Gasteiger partial charge in [-0.1, -0.05) is 6.58 Å². The highest BCUT2D eigenvalue weighted by atomic mass is 16.2. The summed E-state index contributed by atoms with van der Waals surface area (Å²) >= 11 is 0. The molecule has 10 heavy (non-hydrogen) atoms. The van der Waals surface area contributed by atoms with Gasteiger partial charge in [-0.25, -0.2) is 0 Å². The lowest BCUT2D eigenvalue weighted by Gasteiger charge is -2.15. The van der Waals surface area contributed by atoms with Crippen molar-refractivity contribution in [3.8, 4) is 0 Å². The molecular formula is C7H14N2O. The van der Waals surface area contributed by atoms with Gasteiger partial charge in [0.1, 0.15) is 0 Å². The first-order chi connectivity index (χ1) is 4.59. The number of nitrogens with one attached hydrogen (secondary N) is 1. The Hall–Kier alpha value is -0.830. The van der Waals surface area contributed by atoms with Crippen LogP contribution in [0.3, 0.4) is 0 Å². The third kappa shape index (κ3) is 2.64. The van der Waals surface area contributed by atoms with Crippen molar-refractivity contribution in [2.24, 2.45) is 0 Å². The van der Waals surface area contributed by atoms with Gasteiger partial charge in [-0.05, 0) is 14.0 Å². The molecule has 0 aromatic carbocycles. The molecule has 3 heteroatoms. The maximum absolute atomic E-state index is 11.0. The van der Waals surface area contributed by atoms with Crippen LogP contribution in [0.5, 0.6) is 0 Å². The summed E-state index contributed by atoms with van der Waals surface area (Å²) in [6, 6.07) is 0. The summed E-state index contributed by atoms with van der Waals surface area (Å²) < 4.78 is 0. The Labute approximate surface area is 61.7 Å². The topological polar surface area (TPSA) is 32.3 Å². The number of rotatable bonds is 3. The molecule has 0 heterocycles. The third-order valence-corrected chi connectivity index (χ3v) is 1.11. The van der Waals surface area contributed by atoms with Crippen LogP contribution in [0.4, 0.5) is 0 Å². The van der Waals surface area contributed by atoms with Crippen LogP contribution in [-0.2, 0) is 4.79 Å². The summed E-state index contributed by atoms with van der Waals surface area (Å²) in [6.45, 7) is 5.80. The average molecular weight is 142 g/mol. The molecule has 0 aliphatic carbocycles. The van der Waals surface area contributed by atoms with Gasteiger partial charge in [-0.15, -0.1) is 0 Å². The second-order valence-corrected chi connectivity index (χ2v) is 2.30. The Balaban J connectivity index is 3.82. The number of hydrogen-bond donors (Lipinski definition) is 1. The maximum atomic E-state index is 11.0. The van der Waals surface area contributed by atoms with Crippen molar-refractivity contribution in [2.45, 2.75) is 6.92 Å². The lowest BCUT2D eigenvalue weighted by molar-refractivity contribution is -0.126. The van der Waals surface area contributed by atoms with Crippen molar-refractivity contribution in [3.63, 3.8) is 0 Å². The summed E-state index contributed by atoms with van der Waals surface area (Å²) in [5.74, 6) is -0.0191. The number of nitrogens with zero attached hydrogens (tertiary/aromatic N) is 1. The van der Waals surface area contributed by atoms with Crippen LogP contribution in [0.25, 0.3) is 0 Å². The van der Waals surface area contributed by atoms with Crippen molar-refractivity contribution in [3.05, 3.63) is 12.2 Å². The van der Waals surface area contributed by atoms with E-state index in [1.54, 1.807) is 25.9 Å². The summed E-state index contributed by atoms with van der Waals surface area (Å²) in [5, 5.41) is 2.87. The number of amides is 1. The molecule has 0 saturated heterocycles. The van der Waals surface area contributed by atoms with Gasteiger partial charge >= 0.3 is 0 Å². The second-order valence-electron chi connectivity index (χ2n) is 2.30. The lowest BCUT2D eigenvalue weighted by atomic mass is 10.3. The third-order valence-electron chi connectivity index (χ3n) is 1.11. The molecule has 3 nitrogen and oxygen atoms in total. The monoisotopic (exact) mass is 142 g/mol. The van der Waals surface area contributed by atoms with E-state index < -0.39 is 0 Å². The van der Waals surface area contributed by atoms with E-state index in [4.69, 9.17) is 0 Å². The van der Waals surface area contributed by atoms with Crippen LogP contribution >= 0.6 is 0 Å². The van der Waals surface area contributed by atoms with Crippen molar-refractivity contribution in [1.29, 1.82) is 0 Å². The van der Waals surface area contributed by atoms with E-state index in [2.05, 4.69) is 11.9 Å². The Kier molecular flexibility index (Phi) is 3.72. The minimum Gasteiger partial charge on any atom is -0.329 e. The van der Waals surface area contributed by atoms with Crippen molar-refractivity contribution in [1.82, 2.24) is 10.2 Å². The van der Waals surface area contributed by atoms with Gasteiger partial charge in [0.15, 0.2) is 0 Å². The van der Waals surface area contributed by atoms with Crippen LogP contribution in [-0.4, -0.2) is 31.6 Å². The van der Waals surface area contributed by atoms with Gasteiger partial charge in [0.25, 0.3) is 0 Å². The van der Waals surface area contributed by atoms with E-state index in [0.717, 1.165) is 0 Å². The molecule has 0 rings (SSSR count). The smallest absolute Gasteiger partial charge is 0.249 e. The van der Waals surface area contributed by atoms with Gasteiger partial charge in [0, 0.05) is 12.6 Å². The fourth-order valence-corrected chi connectivity index (χ4v) is 0.635. The summed E-state index contributed by atoms with van der Waals surface area (Å²) in [4.78, 5) is 12.6. The molecule has 0 aromatic heterocycles. The van der Waals surface area contributed by atoms with Gasteiger partial charge in [-0.2, -0.15) is 0 Å². The van der Waals surface area contributed by atoms with E-state index in [1.165, 1.54) is 0 Å². The Morgan fingerprint density at radius 2 is 2.20 bits per heavy atom. The van der Waals surface area contributed by atoms with Gasteiger partial charge < -0.3 is 10.2 Å². The van der Waals surface area contributed by atoms with Crippen LogP contribution < -0.4 is 5.32 Å². The number of carbonyl (C=O) groups excluding carboxylic acids is 1. The van der Waals surface area contributed by atoms with Crippen LogP contribution in [0.15, 0.2) is 12.2 Å². The second kappa shape index (κ2) is 4.06. The molecule has 0 bridgehead atoms. The SMILES string of the molecule is C=C(C)C(=O)N(C)CNC. The summed E-state index contributed by atoms with van der Waals surface area (Å²) in [6.07, 6.45) is 0. The highest BCUT2D eigenvalue weighted by Gasteiger charge is 2.06. The number of carbonyl (C=O) groups is 1. The molecule has 0 aromatic rings. The maximum Gasteiger partial charge on any atom is 0.249 e. The molecule has 0 spiro atoms. The first-order valence-corrected chi connectivity index (χ1v) is 3.15. The quantitative estimate of drug-likeness (QED) is 0.451. The van der Waals surface area contributed by atoms with E-state index in [1.807, 2.05) is 0 Å². The molecule has 0 atom stereocenters. The molecule has 1 N–H and O–H groups in total. The molecule has 0 aliphatic heterocycles. The van der Waals surface area contributed by atoms with Crippen LogP contribution in [0, 0.1) is 0 Å². The zero-order chi connectivity index (χ0) is 8.15. The Bertz CT molecular complexity index is 143. The normalized spacial score (nSPS) is 9.10. The zero-order valence-corrected chi connectivity index (χ0v) is 6.77. The van der Waals surface area contributed by atoms with Crippen molar-refractivity contribution in [2.75, 3.05) is 20.8 Å². The minimum absolute atomic E-state index is 0.0191. The first-order valence-electron chi connectivity index (χ1n) is 3.15. The van der Waals surface area contributed by atoms with Crippen LogP contribution in [0.2, 0.25) is 0 Å². The van der Waals surface area contributed by atoms with Crippen LogP contribution in [0.1, 0.15) is 6.92 Å². The molecule has 58 valence electrons. The van der Waals surface area contributed by atoms with E-state index in [-0.39, 0.29) is 5.91 Å². The largest absolute Gasteiger partial charge is 0.329 e. The van der Waals surface area contributed by atoms with Gasteiger partial charge in [0.05, 0.1) is 6.67 Å². The summed E-state index contributed by atoms with van der Waals surface area (Å²) in [5.41, 5.74) is 0.567. The standard InChI is InChI=1S/C7H14N2O/c1-6(2)7(10)9(4)5-8-3/h8H,1,5H2,2-4H3. The van der Waals surface area contributed by atoms with E-state index in [9.17, 15) is 4.79 Å². The van der Waals surface area contributed by atoms with Crippen molar-refractivity contribution >= 4 is 5.91 Å². The van der Waals surface area contributed by atoms with Gasteiger partial charge in [-0.3, -0.25) is 4.79 Å². The lowest BCUT2D eigenvalue weighted by Crippen LogP contribution is -2.34. The summed E-state index contributed by atoms with van der Waals surface area (Å²) in [7, 11) is 3.52. The molecule has 1 amide bonds. The first kappa shape index (κ1) is 9.17.